The van der Waals surface area contributed by atoms with Gasteiger partial charge in [-0.3, -0.25) is 14.7 Å². The van der Waals surface area contributed by atoms with Crippen LogP contribution in [0, 0.1) is 5.41 Å². The molecule has 18 heavy (non-hydrogen) atoms. The second kappa shape index (κ2) is 4.63. The van der Waals surface area contributed by atoms with E-state index in [4.69, 9.17) is 5.73 Å². The van der Waals surface area contributed by atoms with Gasteiger partial charge in [-0.2, -0.15) is 4.98 Å². The highest BCUT2D eigenvalue weighted by atomic mass is 16.4. The molecule has 0 aliphatic heterocycles. The number of hydrogen-bond acceptors (Lipinski definition) is 5. The molecule has 1 aliphatic carbocycles. The van der Waals surface area contributed by atoms with E-state index >= 15 is 0 Å². The number of carboxylic acid groups (broad SMARTS) is 1. The summed E-state index contributed by atoms with van der Waals surface area (Å²) in [4.78, 5) is 26.6. The Kier molecular flexibility index (Phi) is 3.17. The van der Waals surface area contributed by atoms with Crippen molar-refractivity contribution in [1.82, 2.24) is 20.5 Å². The van der Waals surface area contributed by atoms with Crippen molar-refractivity contribution in [3.8, 4) is 0 Å². The highest BCUT2D eigenvalue weighted by Gasteiger charge is 2.41. The summed E-state index contributed by atoms with van der Waals surface area (Å²) >= 11 is 0. The number of aromatic nitrogens is 3. The topological polar surface area (TPSA) is 134 Å². The predicted octanol–water partition coefficient (Wildman–Crippen LogP) is -0.238. The summed E-state index contributed by atoms with van der Waals surface area (Å²) in [6.45, 7) is 0.0990. The van der Waals surface area contributed by atoms with Crippen LogP contribution in [0.15, 0.2) is 0 Å². The molecule has 1 amide bonds. The summed E-state index contributed by atoms with van der Waals surface area (Å²) in [7, 11) is 0. The summed E-state index contributed by atoms with van der Waals surface area (Å²) < 4.78 is 0. The molecule has 1 aromatic rings. The van der Waals surface area contributed by atoms with E-state index in [-0.39, 0.29) is 18.3 Å². The van der Waals surface area contributed by atoms with Gasteiger partial charge in [0.1, 0.15) is 0 Å². The van der Waals surface area contributed by atoms with Crippen LogP contribution >= 0.6 is 0 Å². The number of carboxylic acids is 1. The molecule has 8 heteroatoms. The van der Waals surface area contributed by atoms with E-state index in [0.29, 0.717) is 12.8 Å². The molecule has 0 atom stereocenters. The van der Waals surface area contributed by atoms with E-state index in [9.17, 15) is 14.7 Å². The number of nitrogen functional groups attached to an aromatic ring is 1. The van der Waals surface area contributed by atoms with Gasteiger partial charge in [0, 0.05) is 6.54 Å². The predicted molar refractivity (Wildman–Crippen MR) is 61.7 cm³/mol. The average molecular weight is 253 g/mol. The second-order valence-corrected chi connectivity index (χ2v) is 4.52. The molecule has 0 aromatic carbocycles. The number of carbonyl (C=O) groups is 2. The van der Waals surface area contributed by atoms with E-state index in [1.807, 2.05) is 0 Å². The third-order valence-corrected chi connectivity index (χ3v) is 3.32. The first kappa shape index (κ1) is 12.3. The number of hydrogen-bond donors (Lipinski definition) is 4. The Labute approximate surface area is 103 Å². The van der Waals surface area contributed by atoms with Crippen molar-refractivity contribution in [3.63, 3.8) is 0 Å². The molecule has 0 bridgehead atoms. The lowest BCUT2D eigenvalue weighted by Gasteiger charge is -2.23. The van der Waals surface area contributed by atoms with Crippen LogP contribution in [0.4, 0.5) is 5.95 Å². The number of nitrogens with one attached hydrogen (secondary N) is 2. The zero-order valence-electron chi connectivity index (χ0n) is 9.77. The fourth-order valence-electron chi connectivity index (χ4n) is 2.23. The molecule has 1 aromatic heterocycles. The van der Waals surface area contributed by atoms with E-state index < -0.39 is 17.3 Å². The Morgan fingerprint density at radius 2 is 2.11 bits per heavy atom. The molecule has 0 saturated heterocycles. The molecule has 1 fully saturated rings. The van der Waals surface area contributed by atoms with E-state index in [0.717, 1.165) is 12.8 Å². The van der Waals surface area contributed by atoms with E-state index in [2.05, 4.69) is 20.5 Å². The number of H-pyrrole nitrogens is 1. The van der Waals surface area contributed by atoms with Gasteiger partial charge in [-0.05, 0) is 12.8 Å². The number of carbonyl (C=O) groups excluding carboxylic acids is 1. The zero-order chi connectivity index (χ0) is 13.2. The van der Waals surface area contributed by atoms with Crippen LogP contribution in [0.5, 0.6) is 0 Å². The number of amides is 1. The fourth-order valence-corrected chi connectivity index (χ4v) is 2.23. The van der Waals surface area contributed by atoms with Gasteiger partial charge in [-0.25, -0.2) is 0 Å². The second-order valence-electron chi connectivity index (χ2n) is 4.52. The maximum absolute atomic E-state index is 11.7. The molecule has 98 valence electrons. The molecule has 8 nitrogen and oxygen atoms in total. The Morgan fingerprint density at radius 3 is 2.61 bits per heavy atom. The van der Waals surface area contributed by atoms with Crippen molar-refractivity contribution in [2.24, 2.45) is 5.41 Å². The van der Waals surface area contributed by atoms with Crippen molar-refractivity contribution in [3.05, 3.63) is 5.82 Å². The van der Waals surface area contributed by atoms with Crippen LogP contribution in [0.1, 0.15) is 36.3 Å². The van der Waals surface area contributed by atoms with Crippen molar-refractivity contribution in [2.75, 3.05) is 12.3 Å². The third kappa shape index (κ3) is 2.27. The van der Waals surface area contributed by atoms with Crippen LogP contribution in [0.3, 0.4) is 0 Å². The molecular formula is C10H15N5O3. The Bertz CT molecular complexity index is 464. The number of anilines is 1. The van der Waals surface area contributed by atoms with Gasteiger partial charge in [0.15, 0.2) is 0 Å². The normalized spacial score (nSPS) is 17.6. The largest absolute Gasteiger partial charge is 0.481 e. The van der Waals surface area contributed by atoms with Crippen molar-refractivity contribution >= 4 is 17.8 Å². The summed E-state index contributed by atoms with van der Waals surface area (Å²) in [5, 5.41) is 17.7. The standard InChI is InChI=1S/C10H15N5O3/c11-9-13-6(14-15-9)7(16)12-5-10(8(17)18)3-1-2-4-10/h1-5H2,(H,12,16)(H,17,18)(H3,11,13,14,15). The number of rotatable bonds is 4. The van der Waals surface area contributed by atoms with Crippen LogP contribution in [-0.2, 0) is 4.79 Å². The quantitative estimate of drug-likeness (QED) is 0.585. The first-order valence-electron chi connectivity index (χ1n) is 5.73. The maximum atomic E-state index is 11.7. The van der Waals surface area contributed by atoms with Crippen LogP contribution < -0.4 is 11.1 Å². The average Bonchev–Trinajstić information content (AvgIpc) is 2.95. The lowest BCUT2D eigenvalue weighted by Crippen LogP contribution is -2.41. The molecule has 2 rings (SSSR count). The van der Waals surface area contributed by atoms with Crippen molar-refractivity contribution in [2.45, 2.75) is 25.7 Å². The highest BCUT2D eigenvalue weighted by molar-refractivity contribution is 5.91. The Morgan fingerprint density at radius 1 is 1.44 bits per heavy atom. The van der Waals surface area contributed by atoms with Gasteiger partial charge in [0.2, 0.25) is 11.8 Å². The van der Waals surface area contributed by atoms with E-state index in [1.54, 1.807) is 0 Å². The summed E-state index contributed by atoms with van der Waals surface area (Å²) in [6, 6.07) is 0. The summed E-state index contributed by atoms with van der Waals surface area (Å²) in [5.41, 5.74) is 4.44. The summed E-state index contributed by atoms with van der Waals surface area (Å²) in [5.74, 6) is -1.39. The lowest BCUT2D eigenvalue weighted by molar-refractivity contribution is -0.148. The Balaban J connectivity index is 1.98. The van der Waals surface area contributed by atoms with Crippen molar-refractivity contribution < 1.29 is 14.7 Å². The molecule has 5 N–H and O–H groups in total. The van der Waals surface area contributed by atoms with Gasteiger partial charge in [0.05, 0.1) is 5.41 Å². The number of nitrogens with zero attached hydrogens (tertiary/aromatic N) is 2. The first-order valence-corrected chi connectivity index (χ1v) is 5.73. The number of nitrogens with two attached hydrogens (primary N) is 1. The van der Waals surface area contributed by atoms with E-state index in [1.165, 1.54) is 0 Å². The smallest absolute Gasteiger partial charge is 0.311 e. The molecule has 0 unspecified atom stereocenters. The minimum Gasteiger partial charge on any atom is -0.481 e. The minimum atomic E-state index is -0.864. The minimum absolute atomic E-state index is 0.00830. The highest BCUT2D eigenvalue weighted by Crippen LogP contribution is 2.37. The Hall–Kier alpha value is -2.12. The SMILES string of the molecule is Nc1n[nH]c(C(=O)NCC2(C(=O)O)CCCC2)n1. The van der Waals surface area contributed by atoms with Crippen LogP contribution in [-0.4, -0.2) is 38.7 Å². The van der Waals surface area contributed by atoms with Crippen LogP contribution in [0.2, 0.25) is 0 Å². The van der Waals surface area contributed by atoms with Crippen LogP contribution in [0.25, 0.3) is 0 Å². The van der Waals surface area contributed by atoms with Gasteiger partial charge >= 0.3 is 5.97 Å². The van der Waals surface area contributed by atoms with Gasteiger partial charge < -0.3 is 16.2 Å². The molecule has 1 saturated carbocycles. The van der Waals surface area contributed by atoms with Gasteiger partial charge in [-0.1, -0.05) is 12.8 Å². The zero-order valence-corrected chi connectivity index (χ0v) is 9.77. The van der Waals surface area contributed by atoms with Gasteiger partial charge in [0.25, 0.3) is 5.91 Å². The first-order chi connectivity index (χ1) is 8.53. The number of aliphatic carboxylic acids is 1. The maximum Gasteiger partial charge on any atom is 0.311 e. The molecule has 1 heterocycles. The fraction of sp³-hybridized carbons (Fsp3) is 0.600. The van der Waals surface area contributed by atoms with Crippen molar-refractivity contribution in [1.29, 1.82) is 0 Å². The molecule has 0 radical (unpaired) electrons. The monoisotopic (exact) mass is 253 g/mol. The lowest BCUT2D eigenvalue weighted by atomic mass is 9.86. The number of aromatic amines is 1. The summed E-state index contributed by atoms with van der Waals surface area (Å²) in [6.07, 6.45) is 2.91. The molecular weight excluding hydrogens is 238 g/mol. The molecule has 0 spiro atoms. The third-order valence-electron chi connectivity index (χ3n) is 3.32. The van der Waals surface area contributed by atoms with Gasteiger partial charge in [-0.15, -0.1) is 5.10 Å². The molecule has 1 aliphatic rings.